The molecule has 0 N–H and O–H groups in total. The van der Waals surface area contributed by atoms with Gasteiger partial charge in [-0.15, -0.1) is 0 Å². The SMILES string of the molecule is CC[C@@H](OC(C)=O)[C@@H](C)C1O[C@@](Oc2ccc([N+](=O)[O-])cc2C=O)(C(C)=O)CC(C)[C@H]1C. The highest BCUT2D eigenvalue weighted by Crippen LogP contribution is 2.43. The van der Waals surface area contributed by atoms with Crippen molar-refractivity contribution in [2.45, 2.75) is 72.4 Å². The molecule has 6 atom stereocenters. The predicted molar refractivity (Wildman–Crippen MR) is 115 cm³/mol. The number of Topliss-reactive ketones (excluding diaryl/α,β-unsaturated/α-hetero) is 1. The number of nitro benzene ring substituents is 1. The van der Waals surface area contributed by atoms with Crippen molar-refractivity contribution < 1.29 is 33.5 Å². The number of benzene rings is 1. The van der Waals surface area contributed by atoms with Crippen molar-refractivity contribution in [1.82, 2.24) is 0 Å². The largest absolute Gasteiger partial charge is 0.462 e. The van der Waals surface area contributed by atoms with Gasteiger partial charge in [-0.3, -0.25) is 24.5 Å². The first-order chi connectivity index (χ1) is 15.0. The van der Waals surface area contributed by atoms with E-state index in [1.807, 2.05) is 27.7 Å². The van der Waals surface area contributed by atoms with E-state index in [1.54, 1.807) is 0 Å². The van der Waals surface area contributed by atoms with Gasteiger partial charge in [0, 0.05) is 38.3 Å². The van der Waals surface area contributed by atoms with Gasteiger partial charge in [-0.25, -0.2) is 0 Å². The number of carbonyl (C=O) groups is 3. The van der Waals surface area contributed by atoms with Gasteiger partial charge < -0.3 is 14.2 Å². The Labute approximate surface area is 187 Å². The van der Waals surface area contributed by atoms with Crippen LogP contribution in [0.2, 0.25) is 0 Å². The van der Waals surface area contributed by atoms with E-state index in [4.69, 9.17) is 14.2 Å². The highest BCUT2D eigenvalue weighted by atomic mass is 16.7. The van der Waals surface area contributed by atoms with Gasteiger partial charge in [0.1, 0.15) is 11.9 Å². The van der Waals surface area contributed by atoms with Gasteiger partial charge in [-0.2, -0.15) is 0 Å². The number of ether oxygens (including phenoxy) is 3. The van der Waals surface area contributed by atoms with E-state index in [0.29, 0.717) is 12.7 Å². The Morgan fingerprint density at radius 1 is 1.34 bits per heavy atom. The van der Waals surface area contributed by atoms with Crippen LogP contribution in [-0.2, 0) is 19.1 Å². The molecule has 0 saturated carbocycles. The molecule has 9 nitrogen and oxygen atoms in total. The molecule has 0 radical (unpaired) electrons. The lowest BCUT2D eigenvalue weighted by molar-refractivity contribution is -0.384. The number of aldehydes is 1. The van der Waals surface area contributed by atoms with E-state index in [1.165, 1.54) is 26.0 Å². The Bertz CT molecular complexity index is 885. The Balaban J connectivity index is 2.44. The molecule has 1 aliphatic rings. The van der Waals surface area contributed by atoms with Gasteiger partial charge >= 0.3 is 5.97 Å². The summed E-state index contributed by atoms with van der Waals surface area (Å²) in [5.41, 5.74) is -0.313. The molecule has 0 aliphatic carbocycles. The number of ketones is 1. The number of rotatable bonds is 9. The maximum absolute atomic E-state index is 12.8. The fraction of sp³-hybridized carbons (Fsp3) is 0.609. The van der Waals surface area contributed by atoms with Gasteiger partial charge in [-0.05, 0) is 24.3 Å². The number of hydrogen-bond donors (Lipinski definition) is 0. The first-order valence-corrected chi connectivity index (χ1v) is 10.7. The number of carbonyl (C=O) groups excluding carboxylic acids is 3. The molecule has 2 rings (SSSR count). The number of nitro groups is 1. The number of hydrogen-bond acceptors (Lipinski definition) is 8. The van der Waals surface area contributed by atoms with E-state index < -0.39 is 28.9 Å². The lowest BCUT2D eigenvalue weighted by atomic mass is 9.75. The molecule has 0 spiro atoms. The fourth-order valence-corrected chi connectivity index (χ4v) is 4.26. The zero-order chi connectivity index (χ0) is 24.2. The van der Waals surface area contributed by atoms with Gasteiger partial charge in [0.25, 0.3) is 11.5 Å². The summed E-state index contributed by atoms with van der Waals surface area (Å²) in [6, 6.07) is 3.60. The van der Waals surface area contributed by atoms with Crippen LogP contribution in [0.25, 0.3) is 0 Å². The van der Waals surface area contributed by atoms with Crippen molar-refractivity contribution >= 4 is 23.7 Å². The van der Waals surface area contributed by atoms with E-state index in [0.717, 1.165) is 6.07 Å². The zero-order valence-electron chi connectivity index (χ0n) is 19.3. The molecule has 1 saturated heterocycles. The molecule has 1 fully saturated rings. The number of nitrogens with zero attached hydrogens (tertiary/aromatic N) is 1. The summed E-state index contributed by atoms with van der Waals surface area (Å²) in [6.07, 6.45) is 0.392. The van der Waals surface area contributed by atoms with Gasteiger partial charge in [0.2, 0.25) is 5.78 Å². The molecule has 176 valence electrons. The molecule has 9 heteroatoms. The van der Waals surface area contributed by atoms with Crippen molar-refractivity contribution in [2.75, 3.05) is 0 Å². The quantitative estimate of drug-likeness (QED) is 0.239. The predicted octanol–water partition coefficient (Wildman–Crippen LogP) is 4.11. The highest BCUT2D eigenvalue weighted by molar-refractivity contribution is 5.85. The molecular weight excluding hydrogens is 418 g/mol. The molecule has 32 heavy (non-hydrogen) atoms. The summed E-state index contributed by atoms with van der Waals surface area (Å²) in [7, 11) is 0. The maximum Gasteiger partial charge on any atom is 0.302 e. The Kier molecular flexibility index (Phi) is 8.12. The Morgan fingerprint density at radius 3 is 2.50 bits per heavy atom. The summed E-state index contributed by atoms with van der Waals surface area (Å²) in [5, 5.41) is 11.0. The smallest absolute Gasteiger partial charge is 0.302 e. The second kappa shape index (κ2) is 10.2. The third-order valence-electron chi connectivity index (χ3n) is 6.30. The second-order valence-electron chi connectivity index (χ2n) is 8.55. The molecule has 2 unspecified atom stereocenters. The standard InChI is InChI=1S/C23H31NO8/c1-7-20(30-17(6)27)15(4)22-14(3)13(2)11-23(32-22,16(5)26)31-21-9-8-19(24(28)29)10-18(21)12-25/h8-10,12-15,20,22H,7,11H2,1-6H3/t13?,14-,15-,20-,22?,23-/m1/s1. The van der Waals surface area contributed by atoms with Gasteiger partial charge in [0.05, 0.1) is 16.6 Å². The zero-order valence-corrected chi connectivity index (χ0v) is 19.3. The highest BCUT2D eigenvalue weighted by Gasteiger charge is 2.52. The summed E-state index contributed by atoms with van der Waals surface area (Å²) in [5.74, 6) is -2.61. The van der Waals surface area contributed by atoms with Crippen LogP contribution in [0.3, 0.4) is 0 Å². The topological polar surface area (TPSA) is 122 Å². The van der Waals surface area contributed by atoms with E-state index >= 15 is 0 Å². The third kappa shape index (κ3) is 5.32. The second-order valence-corrected chi connectivity index (χ2v) is 8.55. The minimum Gasteiger partial charge on any atom is -0.462 e. The van der Waals surface area contributed by atoms with Crippen LogP contribution < -0.4 is 4.74 Å². The summed E-state index contributed by atoms with van der Waals surface area (Å²) >= 11 is 0. The molecule has 1 heterocycles. The summed E-state index contributed by atoms with van der Waals surface area (Å²) in [4.78, 5) is 46.3. The lowest BCUT2D eigenvalue weighted by Crippen LogP contribution is -2.58. The monoisotopic (exact) mass is 449 g/mol. The molecule has 0 amide bonds. The summed E-state index contributed by atoms with van der Waals surface area (Å²) in [6.45, 7) is 10.5. The van der Waals surface area contributed by atoms with Crippen LogP contribution in [0.1, 0.15) is 64.7 Å². The van der Waals surface area contributed by atoms with Crippen molar-refractivity contribution in [3.63, 3.8) is 0 Å². The molecule has 0 aromatic heterocycles. The van der Waals surface area contributed by atoms with Gasteiger partial charge in [0.15, 0.2) is 6.29 Å². The Morgan fingerprint density at radius 2 is 2.00 bits per heavy atom. The van der Waals surface area contributed by atoms with Crippen LogP contribution in [0.15, 0.2) is 18.2 Å². The first-order valence-electron chi connectivity index (χ1n) is 10.7. The third-order valence-corrected chi connectivity index (χ3v) is 6.30. The van der Waals surface area contributed by atoms with Crippen LogP contribution >= 0.6 is 0 Å². The molecular formula is C23H31NO8. The number of non-ortho nitro benzene ring substituents is 1. The Hall–Kier alpha value is -2.81. The van der Waals surface area contributed by atoms with E-state index in [9.17, 15) is 24.5 Å². The van der Waals surface area contributed by atoms with E-state index in [2.05, 4.69) is 0 Å². The van der Waals surface area contributed by atoms with Gasteiger partial charge in [-0.1, -0.05) is 27.7 Å². The minimum atomic E-state index is -1.67. The maximum atomic E-state index is 12.8. The van der Waals surface area contributed by atoms with Crippen molar-refractivity contribution in [3.05, 3.63) is 33.9 Å². The van der Waals surface area contributed by atoms with Crippen LogP contribution in [0.4, 0.5) is 5.69 Å². The van der Waals surface area contributed by atoms with Crippen molar-refractivity contribution in [3.8, 4) is 5.75 Å². The van der Waals surface area contributed by atoms with Crippen LogP contribution in [0, 0.1) is 27.9 Å². The fourth-order valence-electron chi connectivity index (χ4n) is 4.26. The lowest BCUT2D eigenvalue weighted by Gasteiger charge is -2.48. The minimum absolute atomic E-state index is 0.00710. The van der Waals surface area contributed by atoms with Crippen LogP contribution in [-0.4, -0.2) is 41.0 Å². The first kappa shape index (κ1) is 25.5. The molecule has 1 aromatic carbocycles. The average Bonchev–Trinajstić information content (AvgIpc) is 2.73. The van der Waals surface area contributed by atoms with Crippen molar-refractivity contribution in [1.29, 1.82) is 0 Å². The molecule has 1 aliphatic heterocycles. The van der Waals surface area contributed by atoms with Crippen LogP contribution in [0.5, 0.6) is 5.75 Å². The summed E-state index contributed by atoms with van der Waals surface area (Å²) < 4.78 is 17.8. The number of esters is 1. The van der Waals surface area contributed by atoms with E-state index in [-0.39, 0.29) is 47.0 Å². The molecule has 1 aromatic rings. The average molecular weight is 450 g/mol. The van der Waals surface area contributed by atoms with Crippen molar-refractivity contribution in [2.24, 2.45) is 17.8 Å². The molecule has 0 bridgehead atoms. The normalized spacial score (nSPS) is 27.1.